The van der Waals surface area contributed by atoms with Gasteiger partial charge in [-0.1, -0.05) is 13.8 Å². The summed E-state index contributed by atoms with van der Waals surface area (Å²) in [5.74, 6) is -2.13. The van der Waals surface area contributed by atoms with Crippen molar-refractivity contribution in [3.05, 3.63) is 0 Å². The molecule has 3 amide bonds. The molecule has 6 N–H and O–H groups in total. The van der Waals surface area contributed by atoms with Crippen molar-refractivity contribution >= 4 is 23.7 Å². The first-order valence-electron chi connectivity index (χ1n) is 11.3. The summed E-state index contributed by atoms with van der Waals surface area (Å²) < 4.78 is 0. The van der Waals surface area contributed by atoms with Crippen LogP contribution in [0, 0.1) is 5.92 Å². The predicted octanol–water partition coefficient (Wildman–Crippen LogP) is -0.350. The molecule has 10 nitrogen and oxygen atoms in total. The van der Waals surface area contributed by atoms with E-state index in [2.05, 4.69) is 5.32 Å². The summed E-state index contributed by atoms with van der Waals surface area (Å²) in [5.41, 5.74) is 11.5. The number of unbranched alkanes of at least 4 members (excludes halogenated alkanes) is 1. The Kier molecular flexibility index (Phi) is 9.24. The summed E-state index contributed by atoms with van der Waals surface area (Å²) >= 11 is 0. The molecule has 10 heteroatoms. The molecule has 4 atom stereocenters. The molecule has 2 rings (SSSR count). The summed E-state index contributed by atoms with van der Waals surface area (Å²) in [6.45, 7) is 4.93. The van der Waals surface area contributed by atoms with Crippen LogP contribution in [-0.2, 0) is 19.2 Å². The van der Waals surface area contributed by atoms with Crippen LogP contribution in [-0.4, -0.2) is 82.4 Å². The number of amides is 3. The van der Waals surface area contributed by atoms with Gasteiger partial charge < -0.3 is 31.7 Å². The van der Waals surface area contributed by atoms with Crippen molar-refractivity contribution < 1.29 is 24.3 Å². The highest BCUT2D eigenvalue weighted by molar-refractivity contribution is 5.94. The monoisotopic (exact) mass is 439 g/mol. The van der Waals surface area contributed by atoms with Crippen molar-refractivity contribution in [2.75, 3.05) is 19.6 Å². The smallest absolute Gasteiger partial charge is 0.326 e. The zero-order valence-corrected chi connectivity index (χ0v) is 18.6. The number of hydrogen-bond acceptors (Lipinski definition) is 6. The second-order valence-corrected chi connectivity index (χ2v) is 8.83. The van der Waals surface area contributed by atoms with E-state index in [-0.39, 0.29) is 17.7 Å². The third-order valence-electron chi connectivity index (χ3n) is 6.22. The van der Waals surface area contributed by atoms with Crippen LogP contribution < -0.4 is 16.8 Å². The largest absolute Gasteiger partial charge is 0.480 e. The van der Waals surface area contributed by atoms with Gasteiger partial charge in [0.15, 0.2) is 0 Å². The van der Waals surface area contributed by atoms with Crippen LogP contribution in [0.3, 0.4) is 0 Å². The van der Waals surface area contributed by atoms with E-state index in [0.29, 0.717) is 64.6 Å². The van der Waals surface area contributed by atoms with Crippen molar-refractivity contribution in [2.45, 2.75) is 83.0 Å². The first-order valence-corrected chi connectivity index (χ1v) is 11.3. The minimum atomic E-state index is -1.02. The van der Waals surface area contributed by atoms with Gasteiger partial charge in [0.1, 0.15) is 18.1 Å². The zero-order valence-electron chi connectivity index (χ0n) is 18.6. The molecule has 0 spiro atoms. The average molecular weight is 440 g/mol. The molecule has 0 radical (unpaired) electrons. The van der Waals surface area contributed by atoms with E-state index in [4.69, 9.17) is 11.5 Å². The lowest BCUT2D eigenvalue weighted by Crippen LogP contribution is -2.57. The number of nitrogens with one attached hydrogen (secondary N) is 1. The molecule has 0 saturated carbocycles. The van der Waals surface area contributed by atoms with E-state index in [9.17, 15) is 24.3 Å². The van der Waals surface area contributed by atoms with E-state index in [1.807, 2.05) is 13.8 Å². The lowest BCUT2D eigenvalue weighted by Gasteiger charge is -2.32. The van der Waals surface area contributed by atoms with Gasteiger partial charge in [-0.15, -0.1) is 0 Å². The molecule has 2 saturated heterocycles. The molecule has 2 heterocycles. The van der Waals surface area contributed by atoms with Crippen LogP contribution in [0.25, 0.3) is 0 Å². The number of carbonyl (C=O) groups excluding carboxylic acids is 3. The summed E-state index contributed by atoms with van der Waals surface area (Å²) in [6, 6.07) is -3.05. The van der Waals surface area contributed by atoms with Gasteiger partial charge >= 0.3 is 5.97 Å². The Morgan fingerprint density at radius 2 is 1.65 bits per heavy atom. The Morgan fingerprint density at radius 1 is 1.03 bits per heavy atom. The van der Waals surface area contributed by atoms with Crippen molar-refractivity contribution in [3.8, 4) is 0 Å². The van der Waals surface area contributed by atoms with Gasteiger partial charge in [0, 0.05) is 13.1 Å². The van der Waals surface area contributed by atoms with Crippen molar-refractivity contribution in [3.63, 3.8) is 0 Å². The molecule has 0 bridgehead atoms. The van der Waals surface area contributed by atoms with Gasteiger partial charge in [-0.3, -0.25) is 14.4 Å². The maximum atomic E-state index is 13.4. The Labute approximate surface area is 183 Å². The lowest BCUT2D eigenvalue weighted by atomic mass is 10.0. The molecule has 0 aromatic rings. The molecule has 2 aliphatic heterocycles. The van der Waals surface area contributed by atoms with Gasteiger partial charge in [-0.05, 0) is 57.4 Å². The maximum Gasteiger partial charge on any atom is 0.326 e. The highest BCUT2D eigenvalue weighted by Gasteiger charge is 2.43. The van der Waals surface area contributed by atoms with E-state index in [1.54, 1.807) is 0 Å². The molecule has 0 aliphatic carbocycles. The maximum absolute atomic E-state index is 13.4. The summed E-state index contributed by atoms with van der Waals surface area (Å²) in [5, 5.41) is 12.2. The third-order valence-corrected chi connectivity index (χ3v) is 6.22. The molecule has 2 fully saturated rings. The normalized spacial score (nSPS) is 23.1. The molecule has 4 unspecified atom stereocenters. The Balaban J connectivity index is 2.14. The molecule has 2 aliphatic rings. The highest BCUT2D eigenvalue weighted by Crippen LogP contribution is 2.26. The molecule has 31 heavy (non-hydrogen) atoms. The SMILES string of the molecule is CC(C)C(N)C(=O)NC(CCCCN)C(=O)N1CCCC1C(=O)N1CCCC1C(=O)O. The number of carboxylic acids is 1. The fourth-order valence-corrected chi connectivity index (χ4v) is 4.29. The minimum Gasteiger partial charge on any atom is -0.480 e. The van der Waals surface area contributed by atoms with Gasteiger partial charge in [0.2, 0.25) is 17.7 Å². The van der Waals surface area contributed by atoms with E-state index < -0.39 is 36.0 Å². The fraction of sp³-hybridized carbons (Fsp3) is 0.810. The molecular weight excluding hydrogens is 402 g/mol. The van der Waals surface area contributed by atoms with Gasteiger partial charge in [-0.25, -0.2) is 4.79 Å². The number of carboxylic acid groups (broad SMARTS) is 1. The quantitative estimate of drug-likeness (QED) is 0.339. The van der Waals surface area contributed by atoms with Gasteiger partial charge in [0.25, 0.3) is 0 Å². The highest BCUT2D eigenvalue weighted by atomic mass is 16.4. The Morgan fingerprint density at radius 3 is 2.23 bits per heavy atom. The van der Waals surface area contributed by atoms with E-state index >= 15 is 0 Å². The number of nitrogens with zero attached hydrogens (tertiary/aromatic N) is 2. The summed E-state index contributed by atoms with van der Waals surface area (Å²) in [4.78, 5) is 53.4. The lowest BCUT2D eigenvalue weighted by molar-refractivity contribution is -0.152. The first kappa shape index (κ1) is 25.1. The molecule has 0 aromatic heterocycles. The second kappa shape index (κ2) is 11.4. The number of carbonyl (C=O) groups is 4. The molecular formula is C21H37N5O5. The summed E-state index contributed by atoms with van der Waals surface area (Å²) in [6.07, 6.45) is 3.98. The fourth-order valence-electron chi connectivity index (χ4n) is 4.29. The van der Waals surface area contributed by atoms with Crippen molar-refractivity contribution in [1.29, 1.82) is 0 Å². The third kappa shape index (κ3) is 6.16. The van der Waals surface area contributed by atoms with E-state index in [1.165, 1.54) is 9.80 Å². The number of rotatable bonds is 10. The first-order chi connectivity index (χ1) is 14.7. The van der Waals surface area contributed by atoms with Crippen LogP contribution in [0.15, 0.2) is 0 Å². The van der Waals surface area contributed by atoms with Gasteiger partial charge in [-0.2, -0.15) is 0 Å². The number of nitrogens with two attached hydrogens (primary N) is 2. The standard InChI is InChI=1S/C21H37N5O5/c1-13(2)17(23)18(27)24-14(7-3-4-10-22)19(28)25-11-5-8-15(25)20(29)26-12-6-9-16(26)21(30)31/h13-17H,3-12,22-23H2,1-2H3,(H,24,27)(H,30,31). The Hall–Kier alpha value is -2.20. The van der Waals surface area contributed by atoms with E-state index in [0.717, 1.165) is 0 Å². The molecule has 176 valence electrons. The predicted molar refractivity (Wildman–Crippen MR) is 115 cm³/mol. The molecule has 0 aromatic carbocycles. The number of hydrogen-bond donors (Lipinski definition) is 4. The van der Waals surface area contributed by atoms with Crippen molar-refractivity contribution in [1.82, 2.24) is 15.1 Å². The van der Waals surface area contributed by atoms with Crippen LogP contribution in [0.2, 0.25) is 0 Å². The van der Waals surface area contributed by atoms with Crippen LogP contribution in [0.4, 0.5) is 0 Å². The topological polar surface area (TPSA) is 159 Å². The van der Waals surface area contributed by atoms with Gasteiger partial charge in [0.05, 0.1) is 6.04 Å². The minimum absolute atomic E-state index is 0.0796. The second-order valence-electron chi connectivity index (χ2n) is 8.83. The van der Waals surface area contributed by atoms with Crippen molar-refractivity contribution in [2.24, 2.45) is 17.4 Å². The average Bonchev–Trinajstić information content (AvgIpc) is 3.41. The number of aliphatic carboxylic acids is 1. The number of likely N-dealkylation sites (tertiary alicyclic amines) is 2. The van der Waals surface area contributed by atoms with Crippen LogP contribution in [0.1, 0.15) is 58.8 Å². The zero-order chi connectivity index (χ0) is 23.1. The van der Waals surface area contributed by atoms with Crippen LogP contribution in [0.5, 0.6) is 0 Å². The summed E-state index contributed by atoms with van der Waals surface area (Å²) in [7, 11) is 0. The Bertz CT molecular complexity index is 671. The van der Waals surface area contributed by atoms with Crippen LogP contribution >= 0.6 is 0 Å².